The Hall–Kier alpha value is -1.46. The Balaban J connectivity index is 1.99. The quantitative estimate of drug-likeness (QED) is 0.605. The summed E-state index contributed by atoms with van der Waals surface area (Å²) in [5.41, 5.74) is -0.135. The number of carbonyl (C=O) groups is 2. The molecule has 3 aliphatic carbocycles. The van der Waals surface area contributed by atoms with Gasteiger partial charge in [0.05, 0.1) is 13.0 Å². The van der Waals surface area contributed by atoms with Crippen LogP contribution in [0.5, 0.6) is 0 Å². The van der Waals surface area contributed by atoms with E-state index in [-0.39, 0.29) is 30.0 Å². The van der Waals surface area contributed by atoms with Crippen molar-refractivity contribution in [2.24, 2.45) is 29.1 Å². The topological polar surface area (TPSA) is 72.8 Å². The van der Waals surface area contributed by atoms with Gasteiger partial charge in [-0.05, 0) is 37.8 Å². The van der Waals surface area contributed by atoms with Gasteiger partial charge in [-0.15, -0.1) is 0 Å². The summed E-state index contributed by atoms with van der Waals surface area (Å²) in [6, 6.07) is 0. The van der Waals surface area contributed by atoms with E-state index >= 15 is 0 Å². The lowest BCUT2D eigenvalue weighted by Crippen LogP contribution is -2.62. The van der Waals surface area contributed by atoms with Gasteiger partial charge in [0.1, 0.15) is 11.4 Å². The lowest BCUT2D eigenvalue weighted by molar-refractivity contribution is -0.267. The molecule has 0 radical (unpaired) electrons. The van der Waals surface area contributed by atoms with Gasteiger partial charge in [-0.3, -0.25) is 4.79 Å². The molecule has 0 aromatic rings. The van der Waals surface area contributed by atoms with E-state index in [1.165, 1.54) is 12.7 Å². The second-order valence-corrected chi connectivity index (χ2v) is 9.09. The van der Waals surface area contributed by atoms with Crippen molar-refractivity contribution < 1.29 is 24.2 Å². The van der Waals surface area contributed by atoms with E-state index in [1.807, 2.05) is 33.8 Å². The summed E-state index contributed by atoms with van der Waals surface area (Å²) in [6.45, 7) is 7.94. The monoisotopic (exact) mass is 360 g/mol. The first-order valence-corrected chi connectivity index (χ1v) is 9.55. The van der Waals surface area contributed by atoms with Gasteiger partial charge in [0.25, 0.3) is 0 Å². The number of hydrogen-bond donors (Lipinski definition) is 1. The van der Waals surface area contributed by atoms with Crippen molar-refractivity contribution in [3.63, 3.8) is 0 Å². The molecular formula is C21H28O5. The maximum Gasteiger partial charge on any atom is 0.334 e. The fourth-order valence-electron chi connectivity index (χ4n) is 6.13. The first-order valence-electron chi connectivity index (χ1n) is 9.55. The lowest BCUT2D eigenvalue weighted by atomic mass is 9.47. The van der Waals surface area contributed by atoms with Crippen LogP contribution in [0.4, 0.5) is 0 Å². The highest BCUT2D eigenvalue weighted by Gasteiger charge is 2.77. The molecule has 26 heavy (non-hydrogen) atoms. The fraction of sp³-hybridized carbons (Fsp3) is 0.714. The van der Waals surface area contributed by atoms with Crippen molar-refractivity contribution in [3.8, 4) is 0 Å². The molecule has 1 heterocycles. The van der Waals surface area contributed by atoms with E-state index in [4.69, 9.17) is 9.47 Å². The van der Waals surface area contributed by atoms with Crippen molar-refractivity contribution in [3.05, 3.63) is 23.3 Å². The van der Waals surface area contributed by atoms with Crippen LogP contribution in [0.25, 0.3) is 0 Å². The zero-order valence-electron chi connectivity index (χ0n) is 16.2. The van der Waals surface area contributed by atoms with E-state index in [0.717, 1.165) is 12.8 Å². The Kier molecular flexibility index (Phi) is 3.65. The highest BCUT2D eigenvalue weighted by Crippen LogP contribution is 2.70. The van der Waals surface area contributed by atoms with Crippen LogP contribution < -0.4 is 0 Å². The molecule has 1 saturated carbocycles. The van der Waals surface area contributed by atoms with Crippen molar-refractivity contribution in [2.45, 2.75) is 58.3 Å². The molecule has 5 nitrogen and oxygen atoms in total. The molecule has 1 aliphatic heterocycles. The number of methoxy groups -OCH3 is 1. The van der Waals surface area contributed by atoms with Crippen molar-refractivity contribution in [1.82, 2.24) is 0 Å². The predicted molar refractivity (Wildman–Crippen MR) is 94.9 cm³/mol. The van der Waals surface area contributed by atoms with Crippen LogP contribution >= 0.6 is 0 Å². The molecule has 0 amide bonds. The van der Waals surface area contributed by atoms with Crippen LogP contribution in [0, 0.1) is 29.1 Å². The molecule has 0 aromatic carbocycles. The van der Waals surface area contributed by atoms with Gasteiger partial charge in [0.2, 0.25) is 0 Å². The van der Waals surface area contributed by atoms with Crippen LogP contribution in [0.3, 0.4) is 0 Å². The van der Waals surface area contributed by atoms with E-state index in [9.17, 15) is 14.7 Å². The minimum atomic E-state index is -1.43. The Morgan fingerprint density at radius 1 is 1.38 bits per heavy atom. The molecule has 0 spiro atoms. The maximum absolute atomic E-state index is 13.4. The summed E-state index contributed by atoms with van der Waals surface area (Å²) in [5.74, 6) is -2.89. The van der Waals surface area contributed by atoms with Gasteiger partial charge >= 0.3 is 5.97 Å². The second kappa shape index (κ2) is 5.29. The minimum Gasteiger partial charge on any atom is -0.466 e. The molecule has 5 heteroatoms. The average Bonchev–Trinajstić information content (AvgIpc) is 2.72. The molecule has 4 rings (SSSR count). The molecule has 4 aliphatic rings. The highest BCUT2D eigenvalue weighted by atomic mass is 16.7. The zero-order chi connectivity index (χ0) is 19.1. The molecule has 6 unspecified atom stereocenters. The molecule has 2 fully saturated rings. The molecular weight excluding hydrogens is 332 g/mol. The van der Waals surface area contributed by atoms with Gasteiger partial charge in [-0.25, -0.2) is 4.79 Å². The predicted octanol–water partition coefficient (Wildman–Crippen LogP) is 2.78. The molecule has 1 saturated heterocycles. The summed E-state index contributed by atoms with van der Waals surface area (Å²) >= 11 is 0. The second-order valence-electron chi connectivity index (χ2n) is 9.09. The minimum absolute atomic E-state index is 0.0285. The number of hydrogen-bond acceptors (Lipinski definition) is 5. The van der Waals surface area contributed by atoms with Crippen molar-refractivity contribution in [2.75, 3.05) is 7.11 Å². The number of Topliss-reactive ketones (excluding diaryl/α,β-unsaturated/α-hetero) is 1. The summed E-state index contributed by atoms with van der Waals surface area (Å²) < 4.78 is 11.4. The summed E-state index contributed by atoms with van der Waals surface area (Å²) in [5, 5.41) is 11.7. The summed E-state index contributed by atoms with van der Waals surface area (Å²) in [4.78, 5) is 26.1. The van der Waals surface area contributed by atoms with Crippen LogP contribution in [0.15, 0.2) is 23.3 Å². The number of rotatable bonds is 2. The molecule has 142 valence electrons. The van der Waals surface area contributed by atoms with E-state index in [2.05, 4.69) is 0 Å². The first-order chi connectivity index (χ1) is 12.1. The zero-order valence-corrected chi connectivity index (χ0v) is 16.2. The van der Waals surface area contributed by atoms with Crippen molar-refractivity contribution >= 4 is 11.8 Å². The van der Waals surface area contributed by atoms with Crippen LogP contribution in [-0.4, -0.2) is 35.4 Å². The van der Waals surface area contributed by atoms with Gasteiger partial charge in [-0.1, -0.05) is 26.3 Å². The Bertz CT molecular complexity index is 750. The van der Waals surface area contributed by atoms with Gasteiger partial charge in [0, 0.05) is 29.2 Å². The van der Waals surface area contributed by atoms with E-state index < -0.39 is 28.7 Å². The SMILES string of the molecule is COC(=O)C1=CC23C=C(C)CCC2C2(C)C1C(=O)C(C(C)C)CC2(O)O3. The Labute approximate surface area is 154 Å². The smallest absolute Gasteiger partial charge is 0.334 e. The lowest BCUT2D eigenvalue weighted by Gasteiger charge is -2.53. The maximum atomic E-state index is 13.4. The van der Waals surface area contributed by atoms with Gasteiger partial charge in [-0.2, -0.15) is 0 Å². The number of ether oxygens (including phenoxy) is 2. The van der Waals surface area contributed by atoms with Crippen LogP contribution in [0.1, 0.15) is 47.0 Å². The highest BCUT2D eigenvalue weighted by molar-refractivity contribution is 6.01. The molecule has 6 atom stereocenters. The van der Waals surface area contributed by atoms with Crippen molar-refractivity contribution in [1.29, 1.82) is 0 Å². The number of allylic oxidation sites excluding steroid dienone is 1. The van der Waals surface area contributed by atoms with E-state index in [1.54, 1.807) is 6.08 Å². The van der Waals surface area contributed by atoms with E-state index in [0.29, 0.717) is 5.57 Å². The van der Waals surface area contributed by atoms with Gasteiger partial charge < -0.3 is 14.6 Å². The number of carbonyl (C=O) groups excluding carboxylic acids is 2. The van der Waals surface area contributed by atoms with Crippen LogP contribution in [-0.2, 0) is 19.1 Å². The molecule has 2 bridgehead atoms. The fourth-order valence-corrected chi connectivity index (χ4v) is 6.13. The average molecular weight is 360 g/mol. The first kappa shape index (κ1) is 17.9. The third kappa shape index (κ3) is 1.93. The molecule has 1 N–H and O–H groups in total. The number of esters is 1. The Morgan fingerprint density at radius 3 is 2.69 bits per heavy atom. The van der Waals surface area contributed by atoms with Gasteiger partial charge in [0.15, 0.2) is 5.79 Å². The number of aliphatic hydroxyl groups is 1. The third-order valence-electron chi connectivity index (χ3n) is 7.42. The van der Waals surface area contributed by atoms with Crippen LogP contribution in [0.2, 0.25) is 0 Å². The normalized spacial score (nSPS) is 46.6. The molecule has 0 aromatic heterocycles. The largest absolute Gasteiger partial charge is 0.466 e. The third-order valence-corrected chi connectivity index (χ3v) is 7.42. The summed E-state index contributed by atoms with van der Waals surface area (Å²) in [6.07, 6.45) is 5.84. The number of ketones is 1. The Morgan fingerprint density at radius 2 is 2.08 bits per heavy atom. The summed E-state index contributed by atoms with van der Waals surface area (Å²) in [7, 11) is 1.33. The standard InChI is InChI=1S/C21H28O5/c1-11(2)13-10-21(24)19(4)15-7-6-12(3)8-20(15,26-21)9-14(18(23)25-5)16(19)17(13)22/h8-9,11,13,15-16,24H,6-7,10H2,1-5H3.